The van der Waals surface area contributed by atoms with E-state index in [9.17, 15) is 4.79 Å². The first kappa shape index (κ1) is 14.6. The van der Waals surface area contributed by atoms with Crippen molar-refractivity contribution in [2.45, 2.75) is 25.4 Å². The van der Waals surface area contributed by atoms with Crippen LogP contribution in [-0.4, -0.2) is 22.7 Å². The average molecular weight is 318 g/mol. The third-order valence-electron chi connectivity index (χ3n) is 3.85. The van der Waals surface area contributed by atoms with Crippen molar-refractivity contribution in [3.8, 4) is 0 Å². The summed E-state index contributed by atoms with van der Waals surface area (Å²) in [6, 6.07) is 8.25. The molecule has 0 aliphatic carbocycles. The lowest BCUT2D eigenvalue weighted by Gasteiger charge is -2.25. The summed E-state index contributed by atoms with van der Waals surface area (Å²) in [5.74, 6) is 0. The standard InChI is InChI=1S/C15H18N4O2S/c16-14-18-12(9-22-14)13-2-1-7-19(13)11-5-3-10(4-6-11)8-17-15(20)21/h3-6,9,13,17H,1-2,7-8H2,(H2,16,18)(H,20,21)/t13-/m1/s1. The highest BCUT2D eigenvalue weighted by Gasteiger charge is 2.28. The molecule has 1 atom stereocenters. The Morgan fingerprint density at radius 2 is 2.23 bits per heavy atom. The van der Waals surface area contributed by atoms with E-state index in [1.807, 2.05) is 29.6 Å². The molecule has 4 N–H and O–H groups in total. The normalized spacial score (nSPS) is 17.6. The van der Waals surface area contributed by atoms with Crippen LogP contribution >= 0.6 is 11.3 Å². The number of hydrogen-bond donors (Lipinski definition) is 3. The van der Waals surface area contributed by atoms with E-state index < -0.39 is 6.09 Å². The van der Waals surface area contributed by atoms with Crippen molar-refractivity contribution in [3.63, 3.8) is 0 Å². The summed E-state index contributed by atoms with van der Waals surface area (Å²) >= 11 is 1.48. The van der Waals surface area contributed by atoms with Crippen molar-refractivity contribution in [2.75, 3.05) is 17.2 Å². The number of rotatable bonds is 4. The molecule has 0 bridgehead atoms. The first-order chi connectivity index (χ1) is 10.6. The molecule has 1 fully saturated rings. The Hall–Kier alpha value is -2.28. The Labute approximate surface area is 132 Å². The van der Waals surface area contributed by atoms with Crippen LogP contribution in [0.5, 0.6) is 0 Å². The topological polar surface area (TPSA) is 91.5 Å². The Balaban J connectivity index is 1.73. The molecule has 1 aliphatic rings. The first-order valence-corrected chi connectivity index (χ1v) is 8.05. The number of benzene rings is 1. The van der Waals surface area contributed by atoms with Crippen LogP contribution in [0.4, 0.5) is 15.6 Å². The zero-order valence-electron chi connectivity index (χ0n) is 12.0. The Bertz CT molecular complexity index is 656. The number of carbonyl (C=O) groups is 1. The van der Waals surface area contributed by atoms with E-state index in [-0.39, 0.29) is 6.04 Å². The summed E-state index contributed by atoms with van der Waals surface area (Å²) in [6.07, 6.45) is 1.19. The second-order valence-corrected chi connectivity index (χ2v) is 6.18. The molecule has 7 heteroatoms. The summed E-state index contributed by atoms with van der Waals surface area (Å²) in [6.45, 7) is 1.32. The van der Waals surface area contributed by atoms with Gasteiger partial charge in [0.05, 0.1) is 11.7 Å². The molecule has 0 saturated carbocycles. The van der Waals surface area contributed by atoms with Crippen LogP contribution in [0.2, 0.25) is 0 Å². The van der Waals surface area contributed by atoms with Crippen molar-refractivity contribution in [3.05, 3.63) is 40.9 Å². The molecule has 1 amide bonds. The molecule has 0 unspecified atom stereocenters. The number of amides is 1. The number of aromatic nitrogens is 1. The Kier molecular flexibility index (Phi) is 4.15. The molecule has 0 radical (unpaired) electrons. The van der Waals surface area contributed by atoms with Crippen molar-refractivity contribution in [2.24, 2.45) is 0 Å². The number of nitrogen functional groups attached to an aromatic ring is 1. The van der Waals surface area contributed by atoms with Gasteiger partial charge in [0.25, 0.3) is 0 Å². The number of carboxylic acid groups (broad SMARTS) is 1. The summed E-state index contributed by atoms with van der Waals surface area (Å²) in [7, 11) is 0. The predicted octanol–water partition coefficient (Wildman–Crippen LogP) is 2.83. The van der Waals surface area contributed by atoms with Crippen molar-refractivity contribution < 1.29 is 9.90 Å². The minimum atomic E-state index is -1.01. The fourth-order valence-electron chi connectivity index (χ4n) is 2.82. The summed E-state index contributed by atoms with van der Waals surface area (Å²) in [5, 5.41) is 13.6. The molecule has 1 saturated heterocycles. The highest BCUT2D eigenvalue weighted by molar-refractivity contribution is 7.13. The predicted molar refractivity (Wildman–Crippen MR) is 87.2 cm³/mol. The monoisotopic (exact) mass is 318 g/mol. The van der Waals surface area contributed by atoms with Crippen molar-refractivity contribution in [1.82, 2.24) is 10.3 Å². The summed E-state index contributed by atoms with van der Waals surface area (Å²) in [4.78, 5) is 17.3. The van der Waals surface area contributed by atoms with Gasteiger partial charge in [-0.2, -0.15) is 0 Å². The quantitative estimate of drug-likeness (QED) is 0.806. The largest absolute Gasteiger partial charge is 0.465 e. The van der Waals surface area contributed by atoms with E-state index in [1.54, 1.807) is 0 Å². The molecular formula is C15H18N4O2S. The van der Waals surface area contributed by atoms with Crippen molar-refractivity contribution in [1.29, 1.82) is 0 Å². The van der Waals surface area contributed by atoms with Crippen LogP contribution in [0.25, 0.3) is 0 Å². The number of nitrogens with one attached hydrogen (secondary N) is 1. The number of nitrogens with zero attached hydrogens (tertiary/aromatic N) is 2. The summed E-state index contributed by atoms with van der Waals surface area (Å²) in [5.41, 5.74) is 8.86. The molecule has 0 spiro atoms. The van der Waals surface area contributed by atoms with Gasteiger partial charge < -0.3 is 21.1 Å². The molecule has 2 heterocycles. The first-order valence-electron chi connectivity index (χ1n) is 7.17. The number of thiazole rings is 1. The van der Waals surface area contributed by atoms with E-state index in [1.165, 1.54) is 11.3 Å². The third kappa shape index (κ3) is 3.14. The molecule has 1 aliphatic heterocycles. The van der Waals surface area contributed by atoms with Gasteiger partial charge in [-0.1, -0.05) is 12.1 Å². The SMILES string of the molecule is Nc1nc([C@H]2CCCN2c2ccc(CNC(=O)O)cc2)cs1. The maximum absolute atomic E-state index is 10.5. The summed E-state index contributed by atoms with van der Waals surface area (Å²) < 4.78 is 0. The number of hydrogen-bond acceptors (Lipinski definition) is 5. The molecule has 6 nitrogen and oxygen atoms in total. The zero-order chi connectivity index (χ0) is 15.5. The molecule has 2 aromatic rings. The lowest BCUT2D eigenvalue weighted by molar-refractivity contribution is 0.194. The van der Waals surface area contributed by atoms with Crippen LogP contribution in [0.15, 0.2) is 29.6 Å². The van der Waals surface area contributed by atoms with Gasteiger partial charge in [-0.15, -0.1) is 11.3 Å². The van der Waals surface area contributed by atoms with Crippen LogP contribution in [0.1, 0.15) is 30.1 Å². The second kappa shape index (κ2) is 6.23. The van der Waals surface area contributed by atoms with E-state index in [0.717, 1.165) is 36.3 Å². The maximum Gasteiger partial charge on any atom is 0.404 e. The van der Waals surface area contributed by atoms with Gasteiger partial charge in [0.15, 0.2) is 5.13 Å². The lowest BCUT2D eigenvalue weighted by Crippen LogP contribution is -2.23. The molecule has 1 aromatic carbocycles. The van der Waals surface area contributed by atoms with Gasteiger partial charge in [0.2, 0.25) is 0 Å². The molecule has 116 valence electrons. The minimum Gasteiger partial charge on any atom is -0.465 e. The molecular weight excluding hydrogens is 300 g/mol. The molecule has 3 rings (SSSR count). The smallest absolute Gasteiger partial charge is 0.404 e. The van der Waals surface area contributed by atoms with Gasteiger partial charge in [0.1, 0.15) is 0 Å². The maximum atomic E-state index is 10.5. The van der Waals surface area contributed by atoms with Crippen LogP contribution in [-0.2, 0) is 6.54 Å². The second-order valence-electron chi connectivity index (χ2n) is 5.29. The van der Waals surface area contributed by atoms with Gasteiger partial charge in [-0.25, -0.2) is 9.78 Å². The van der Waals surface area contributed by atoms with Gasteiger partial charge in [-0.3, -0.25) is 0 Å². The van der Waals surface area contributed by atoms with Gasteiger partial charge in [0, 0.05) is 24.2 Å². The average Bonchev–Trinajstić information content (AvgIpc) is 3.14. The Morgan fingerprint density at radius 3 is 2.86 bits per heavy atom. The van der Waals surface area contributed by atoms with E-state index in [4.69, 9.17) is 10.8 Å². The van der Waals surface area contributed by atoms with Crippen LogP contribution in [0, 0.1) is 0 Å². The van der Waals surface area contributed by atoms with Crippen LogP contribution < -0.4 is 16.0 Å². The zero-order valence-corrected chi connectivity index (χ0v) is 12.8. The van der Waals surface area contributed by atoms with Gasteiger partial charge >= 0.3 is 6.09 Å². The lowest BCUT2D eigenvalue weighted by atomic mass is 10.1. The van der Waals surface area contributed by atoms with E-state index in [0.29, 0.717) is 11.7 Å². The molecule has 1 aromatic heterocycles. The minimum absolute atomic E-state index is 0.275. The third-order valence-corrected chi connectivity index (χ3v) is 4.54. The number of anilines is 2. The van der Waals surface area contributed by atoms with Crippen molar-refractivity contribution >= 4 is 28.2 Å². The molecule has 22 heavy (non-hydrogen) atoms. The Morgan fingerprint density at radius 1 is 1.45 bits per heavy atom. The van der Waals surface area contributed by atoms with E-state index >= 15 is 0 Å². The van der Waals surface area contributed by atoms with Gasteiger partial charge in [-0.05, 0) is 30.5 Å². The fraction of sp³-hybridized carbons (Fsp3) is 0.333. The highest BCUT2D eigenvalue weighted by Crippen LogP contribution is 2.36. The van der Waals surface area contributed by atoms with E-state index in [2.05, 4.69) is 15.2 Å². The van der Waals surface area contributed by atoms with Crippen LogP contribution in [0.3, 0.4) is 0 Å². The number of nitrogens with two attached hydrogens (primary N) is 1. The highest BCUT2D eigenvalue weighted by atomic mass is 32.1. The fourth-order valence-corrected chi connectivity index (χ4v) is 3.43.